The van der Waals surface area contributed by atoms with Crippen LogP contribution in [-0.2, 0) is 6.54 Å². The van der Waals surface area contributed by atoms with Gasteiger partial charge in [0.15, 0.2) is 0 Å². The normalized spacial score (nSPS) is 16.5. The lowest BCUT2D eigenvalue weighted by atomic mass is 10.2. The summed E-state index contributed by atoms with van der Waals surface area (Å²) in [7, 11) is 0. The molecule has 0 saturated carbocycles. The molecule has 4 rings (SSSR count). The third-order valence-corrected chi connectivity index (χ3v) is 5.87. The minimum atomic E-state index is 1.01. The molecule has 0 amide bonds. The van der Waals surface area contributed by atoms with Gasteiger partial charge in [0.2, 0.25) is 0 Å². The molecule has 0 aromatic carbocycles. The Labute approximate surface area is 137 Å². The zero-order valence-corrected chi connectivity index (χ0v) is 14.0. The van der Waals surface area contributed by atoms with Crippen LogP contribution >= 0.6 is 22.7 Å². The molecule has 0 unspecified atom stereocenters. The zero-order valence-electron chi connectivity index (χ0n) is 12.4. The Hall–Kier alpha value is -1.57. The molecular weight excluding hydrogens is 314 g/mol. The van der Waals surface area contributed by atoms with Gasteiger partial charge in [-0.25, -0.2) is 15.0 Å². The van der Waals surface area contributed by atoms with E-state index in [-0.39, 0.29) is 0 Å². The van der Waals surface area contributed by atoms with Crippen LogP contribution < -0.4 is 4.90 Å². The summed E-state index contributed by atoms with van der Waals surface area (Å²) in [6, 6.07) is 2.13. The molecule has 22 heavy (non-hydrogen) atoms. The van der Waals surface area contributed by atoms with Gasteiger partial charge < -0.3 is 4.90 Å². The van der Waals surface area contributed by atoms with Crippen molar-refractivity contribution in [3.05, 3.63) is 33.9 Å². The summed E-state index contributed by atoms with van der Waals surface area (Å²) in [4.78, 5) is 20.5. The number of fused-ring (bicyclic) bond motifs is 1. The fourth-order valence-electron chi connectivity index (χ4n) is 2.83. The topological polar surface area (TPSA) is 45.2 Å². The van der Waals surface area contributed by atoms with E-state index in [0.29, 0.717) is 0 Å². The molecular formula is C15H17N5S2. The maximum absolute atomic E-state index is 4.51. The van der Waals surface area contributed by atoms with Crippen LogP contribution in [0.2, 0.25) is 0 Å². The number of aromatic nitrogens is 3. The summed E-state index contributed by atoms with van der Waals surface area (Å²) in [6.45, 7) is 7.26. The monoisotopic (exact) mass is 331 g/mol. The van der Waals surface area contributed by atoms with Gasteiger partial charge >= 0.3 is 0 Å². The van der Waals surface area contributed by atoms with E-state index < -0.39 is 0 Å². The summed E-state index contributed by atoms with van der Waals surface area (Å²) in [5.74, 6) is 1.08. The Morgan fingerprint density at radius 3 is 2.73 bits per heavy atom. The highest BCUT2D eigenvalue weighted by molar-refractivity contribution is 7.16. The number of hydrogen-bond donors (Lipinski definition) is 0. The molecule has 0 N–H and O–H groups in total. The number of hydrogen-bond acceptors (Lipinski definition) is 7. The molecule has 7 heteroatoms. The molecule has 1 saturated heterocycles. The Morgan fingerprint density at radius 1 is 1.09 bits per heavy atom. The summed E-state index contributed by atoms with van der Waals surface area (Å²) in [5, 5.41) is 3.27. The van der Waals surface area contributed by atoms with Crippen molar-refractivity contribution in [3.8, 4) is 0 Å². The molecule has 1 aliphatic rings. The van der Waals surface area contributed by atoms with Gasteiger partial charge in [0.1, 0.15) is 17.0 Å². The van der Waals surface area contributed by atoms with Gasteiger partial charge in [-0.05, 0) is 18.4 Å². The van der Waals surface area contributed by atoms with Crippen molar-refractivity contribution in [1.82, 2.24) is 19.9 Å². The van der Waals surface area contributed by atoms with E-state index >= 15 is 0 Å². The molecule has 3 aromatic rings. The van der Waals surface area contributed by atoms with Gasteiger partial charge in [0.05, 0.1) is 16.6 Å². The van der Waals surface area contributed by atoms with Crippen LogP contribution in [0.4, 0.5) is 5.82 Å². The van der Waals surface area contributed by atoms with Crippen LogP contribution in [0.25, 0.3) is 10.2 Å². The van der Waals surface area contributed by atoms with Crippen LogP contribution in [0.1, 0.15) is 10.6 Å². The first-order valence-corrected chi connectivity index (χ1v) is 9.11. The molecule has 0 radical (unpaired) electrons. The third kappa shape index (κ3) is 2.60. The van der Waals surface area contributed by atoms with Gasteiger partial charge in [0, 0.05) is 37.6 Å². The van der Waals surface area contributed by atoms with Crippen molar-refractivity contribution in [1.29, 1.82) is 0 Å². The smallest absolute Gasteiger partial charge is 0.140 e. The van der Waals surface area contributed by atoms with E-state index in [1.54, 1.807) is 29.0 Å². The Kier molecular flexibility index (Phi) is 3.77. The van der Waals surface area contributed by atoms with E-state index in [4.69, 9.17) is 0 Å². The van der Waals surface area contributed by atoms with Crippen LogP contribution in [0, 0.1) is 6.92 Å². The Morgan fingerprint density at radius 2 is 1.95 bits per heavy atom. The van der Waals surface area contributed by atoms with Crippen molar-refractivity contribution >= 4 is 38.7 Å². The molecule has 3 aromatic heterocycles. The maximum atomic E-state index is 4.51. The van der Waals surface area contributed by atoms with E-state index in [9.17, 15) is 0 Å². The first kappa shape index (κ1) is 14.0. The maximum Gasteiger partial charge on any atom is 0.140 e. The average molecular weight is 331 g/mol. The van der Waals surface area contributed by atoms with Crippen LogP contribution in [0.3, 0.4) is 0 Å². The highest BCUT2D eigenvalue weighted by Gasteiger charge is 2.21. The Balaban J connectivity index is 1.46. The molecule has 0 atom stereocenters. The van der Waals surface area contributed by atoms with Gasteiger partial charge in [-0.1, -0.05) is 0 Å². The minimum Gasteiger partial charge on any atom is -0.353 e. The molecule has 114 valence electrons. The summed E-state index contributed by atoms with van der Waals surface area (Å²) in [5.41, 5.74) is 3.11. The van der Waals surface area contributed by atoms with Gasteiger partial charge in [-0.15, -0.1) is 22.7 Å². The Bertz CT molecular complexity index is 773. The lowest BCUT2D eigenvalue weighted by Crippen LogP contribution is -2.46. The largest absolute Gasteiger partial charge is 0.353 e. The number of thiophene rings is 1. The number of piperazine rings is 1. The fraction of sp³-hybridized carbons (Fsp3) is 0.400. The second-order valence-electron chi connectivity index (χ2n) is 5.46. The zero-order chi connectivity index (χ0) is 14.9. The predicted octanol–water partition coefficient (Wildman–Crippen LogP) is 2.78. The van der Waals surface area contributed by atoms with E-state index in [1.807, 2.05) is 5.51 Å². The van der Waals surface area contributed by atoms with E-state index in [2.05, 4.69) is 43.1 Å². The minimum absolute atomic E-state index is 1.01. The van der Waals surface area contributed by atoms with Crippen molar-refractivity contribution in [3.63, 3.8) is 0 Å². The predicted molar refractivity (Wildman–Crippen MR) is 91.8 cm³/mol. The SMILES string of the molecule is Cc1ncsc1CN1CCN(c2ncnc3sccc23)CC1. The van der Waals surface area contributed by atoms with Crippen LogP contribution in [0.15, 0.2) is 23.3 Å². The molecule has 5 nitrogen and oxygen atoms in total. The van der Waals surface area contributed by atoms with Crippen LogP contribution in [-0.4, -0.2) is 46.0 Å². The lowest BCUT2D eigenvalue weighted by molar-refractivity contribution is 0.251. The molecule has 0 bridgehead atoms. The summed E-state index contributed by atoms with van der Waals surface area (Å²) < 4.78 is 0. The highest BCUT2D eigenvalue weighted by Crippen LogP contribution is 2.27. The fourth-order valence-corrected chi connectivity index (χ4v) is 4.37. The quantitative estimate of drug-likeness (QED) is 0.738. The summed E-state index contributed by atoms with van der Waals surface area (Å²) in [6.07, 6.45) is 1.68. The average Bonchev–Trinajstić information content (AvgIpc) is 3.17. The van der Waals surface area contributed by atoms with Gasteiger partial charge in [-0.3, -0.25) is 4.90 Å². The van der Waals surface area contributed by atoms with Crippen molar-refractivity contribution < 1.29 is 0 Å². The lowest BCUT2D eigenvalue weighted by Gasteiger charge is -2.35. The van der Waals surface area contributed by atoms with Crippen molar-refractivity contribution in [2.45, 2.75) is 13.5 Å². The van der Waals surface area contributed by atoms with E-state index in [0.717, 1.165) is 43.4 Å². The van der Waals surface area contributed by atoms with Crippen LogP contribution in [0.5, 0.6) is 0 Å². The van der Waals surface area contributed by atoms with Crippen molar-refractivity contribution in [2.75, 3.05) is 31.1 Å². The molecule has 4 heterocycles. The molecule has 0 spiro atoms. The molecule has 1 aliphatic heterocycles. The number of aryl methyl sites for hydroxylation is 1. The van der Waals surface area contributed by atoms with Gasteiger partial charge in [-0.2, -0.15) is 0 Å². The van der Waals surface area contributed by atoms with Gasteiger partial charge in [0.25, 0.3) is 0 Å². The first-order valence-electron chi connectivity index (χ1n) is 7.36. The third-order valence-electron chi connectivity index (χ3n) is 4.12. The van der Waals surface area contributed by atoms with Crippen molar-refractivity contribution in [2.24, 2.45) is 0 Å². The van der Waals surface area contributed by atoms with E-state index in [1.165, 1.54) is 16.0 Å². The standard InChI is InChI=1S/C15H17N5S2/c1-11-13(22-10-18-11)8-19-3-5-20(6-4-19)14-12-2-7-21-15(12)17-9-16-14/h2,7,9-10H,3-6,8H2,1H3. The number of anilines is 1. The summed E-state index contributed by atoms with van der Waals surface area (Å²) >= 11 is 3.43. The first-order chi connectivity index (χ1) is 10.8. The highest BCUT2D eigenvalue weighted by atomic mass is 32.1. The number of rotatable bonds is 3. The second kappa shape index (κ2) is 5.91. The number of thiazole rings is 1. The number of nitrogens with zero attached hydrogens (tertiary/aromatic N) is 5. The second-order valence-corrected chi connectivity index (χ2v) is 7.29. The molecule has 1 fully saturated rings. The molecule has 0 aliphatic carbocycles.